The number of carbonyl (C=O) groups is 1. The molecule has 0 aromatic carbocycles. The number of rotatable bonds is 5. The minimum absolute atomic E-state index is 0.0885. The molecule has 0 radical (unpaired) electrons. The molecule has 4 rings (SSSR count). The summed E-state index contributed by atoms with van der Waals surface area (Å²) in [6.45, 7) is 11.5. The van der Waals surface area contributed by atoms with Crippen molar-refractivity contribution in [3.05, 3.63) is 30.1 Å². The molecule has 5 nitrogen and oxygen atoms in total. The second kappa shape index (κ2) is 8.91. The molecule has 3 fully saturated rings. The molecule has 1 saturated carbocycles. The van der Waals surface area contributed by atoms with Crippen molar-refractivity contribution in [1.82, 2.24) is 19.7 Å². The van der Waals surface area contributed by atoms with Gasteiger partial charge >= 0.3 is 0 Å². The van der Waals surface area contributed by atoms with E-state index in [1.54, 1.807) is 6.20 Å². The fourth-order valence-corrected chi connectivity index (χ4v) is 5.00. The van der Waals surface area contributed by atoms with Crippen molar-refractivity contribution in [3.63, 3.8) is 0 Å². The van der Waals surface area contributed by atoms with E-state index in [9.17, 15) is 4.79 Å². The molecule has 2 saturated heterocycles. The molecule has 1 atom stereocenters. The highest BCUT2D eigenvalue weighted by Crippen LogP contribution is 2.32. The van der Waals surface area contributed by atoms with Crippen LogP contribution >= 0.6 is 0 Å². The lowest BCUT2D eigenvalue weighted by molar-refractivity contribution is 0.0570. The van der Waals surface area contributed by atoms with Gasteiger partial charge in [-0.15, -0.1) is 0 Å². The second-order valence-electron chi connectivity index (χ2n) is 9.34. The summed E-state index contributed by atoms with van der Waals surface area (Å²) in [7, 11) is 0. The Morgan fingerprint density at radius 3 is 2.54 bits per heavy atom. The Bertz CT molecular complexity index is 637. The van der Waals surface area contributed by atoms with E-state index in [2.05, 4.69) is 28.6 Å². The van der Waals surface area contributed by atoms with Gasteiger partial charge in [-0.05, 0) is 69.2 Å². The van der Waals surface area contributed by atoms with E-state index in [4.69, 9.17) is 0 Å². The zero-order chi connectivity index (χ0) is 19.5. The zero-order valence-corrected chi connectivity index (χ0v) is 17.6. The van der Waals surface area contributed by atoms with Crippen LogP contribution in [0.1, 0.15) is 56.4 Å². The molecule has 5 heteroatoms. The largest absolute Gasteiger partial charge is 0.337 e. The Kier molecular flexibility index (Phi) is 6.32. The van der Waals surface area contributed by atoms with Gasteiger partial charge in [0.1, 0.15) is 5.69 Å². The van der Waals surface area contributed by atoms with Crippen molar-refractivity contribution in [2.45, 2.75) is 58.0 Å². The van der Waals surface area contributed by atoms with Gasteiger partial charge in [-0.3, -0.25) is 19.6 Å². The van der Waals surface area contributed by atoms with Crippen LogP contribution in [-0.2, 0) is 0 Å². The molecule has 1 amide bonds. The average Bonchev–Trinajstić information content (AvgIpc) is 3.55. The molecular weight excluding hydrogens is 348 g/mol. The number of nitrogens with zero attached hydrogens (tertiary/aromatic N) is 4. The first-order valence-electron chi connectivity index (χ1n) is 11.3. The van der Waals surface area contributed by atoms with E-state index < -0.39 is 0 Å². The summed E-state index contributed by atoms with van der Waals surface area (Å²) in [5.74, 6) is 1.75. The van der Waals surface area contributed by atoms with Gasteiger partial charge in [0.05, 0.1) is 0 Å². The van der Waals surface area contributed by atoms with Crippen LogP contribution in [-0.4, -0.2) is 76.9 Å². The lowest BCUT2D eigenvalue weighted by Gasteiger charge is -2.40. The standard InChI is InChI=1S/C23H36N4O/c1-18(2)22-17-26(12-5-13-27(22)16-19-7-8-19)20-9-14-25(15-10-20)23(28)21-6-3-4-11-24-21/h3-4,6,11,18-20,22H,5,7-10,12-17H2,1-2H3. The molecule has 154 valence electrons. The Morgan fingerprint density at radius 1 is 1.11 bits per heavy atom. The molecular formula is C23H36N4O. The lowest BCUT2D eigenvalue weighted by Crippen LogP contribution is -2.51. The van der Waals surface area contributed by atoms with Crippen molar-refractivity contribution >= 4 is 5.91 Å². The molecule has 1 aromatic rings. The van der Waals surface area contributed by atoms with E-state index in [1.807, 2.05) is 23.1 Å². The third-order valence-electron chi connectivity index (χ3n) is 6.89. The number of hydrogen-bond donors (Lipinski definition) is 0. The Balaban J connectivity index is 1.34. The highest BCUT2D eigenvalue weighted by atomic mass is 16.2. The van der Waals surface area contributed by atoms with Gasteiger partial charge in [0.15, 0.2) is 0 Å². The zero-order valence-electron chi connectivity index (χ0n) is 17.6. The van der Waals surface area contributed by atoms with Crippen LogP contribution in [0.25, 0.3) is 0 Å². The maximum atomic E-state index is 12.7. The van der Waals surface area contributed by atoms with Crippen molar-refractivity contribution in [3.8, 4) is 0 Å². The Hall–Kier alpha value is -1.46. The van der Waals surface area contributed by atoms with Gasteiger partial charge in [-0.2, -0.15) is 0 Å². The minimum atomic E-state index is 0.0885. The minimum Gasteiger partial charge on any atom is -0.337 e. The van der Waals surface area contributed by atoms with Crippen molar-refractivity contribution in [2.75, 3.05) is 39.3 Å². The normalized spacial score (nSPS) is 25.8. The summed E-state index contributed by atoms with van der Waals surface area (Å²) in [5, 5.41) is 0. The van der Waals surface area contributed by atoms with Crippen LogP contribution in [0.2, 0.25) is 0 Å². The lowest BCUT2D eigenvalue weighted by atomic mass is 9.98. The van der Waals surface area contributed by atoms with E-state index in [-0.39, 0.29) is 5.91 Å². The van der Waals surface area contributed by atoms with Crippen molar-refractivity contribution < 1.29 is 4.79 Å². The molecule has 0 N–H and O–H groups in total. The van der Waals surface area contributed by atoms with E-state index >= 15 is 0 Å². The molecule has 0 spiro atoms. The molecule has 28 heavy (non-hydrogen) atoms. The van der Waals surface area contributed by atoms with Crippen LogP contribution in [0, 0.1) is 11.8 Å². The van der Waals surface area contributed by atoms with E-state index in [1.165, 1.54) is 45.4 Å². The topological polar surface area (TPSA) is 39.7 Å². The molecule has 3 aliphatic rings. The quantitative estimate of drug-likeness (QED) is 0.782. The summed E-state index contributed by atoms with van der Waals surface area (Å²) in [6.07, 6.45) is 8.04. The van der Waals surface area contributed by atoms with Gasteiger partial charge in [0.2, 0.25) is 0 Å². The SMILES string of the molecule is CC(C)C1CN(C2CCN(C(=O)c3ccccn3)CC2)CCCN1CC1CC1. The summed E-state index contributed by atoms with van der Waals surface area (Å²) in [5.41, 5.74) is 0.575. The maximum Gasteiger partial charge on any atom is 0.272 e. The number of piperidine rings is 1. The van der Waals surface area contributed by atoms with Crippen LogP contribution in [0.15, 0.2) is 24.4 Å². The fraction of sp³-hybridized carbons (Fsp3) is 0.739. The first-order valence-corrected chi connectivity index (χ1v) is 11.3. The third-order valence-corrected chi connectivity index (χ3v) is 6.89. The Labute approximate surface area is 170 Å². The van der Waals surface area contributed by atoms with Crippen LogP contribution in [0.5, 0.6) is 0 Å². The van der Waals surface area contributed by atoms with Gasteiger partial charge in [0, 0.05) is 44.5 Å². The third kappa shape index (κ3) is 4.74. The number of pyridine rings is 1. The molecule has 1 unspecified atom stereocenters. The van der Waals surface area contributed by atoms with Gasteiger partial charge in [-0.1, -0.05) is 19.9 Å². The molecule has 0 bridgehead atoms. The number of hydrogen-bond acceptors (Lipinski definition) is 4. The van der Waals surface area contributed by atoms with E-state index in [0.29, 0.717) is 23.7 Å². The van der Waals surface area contributed by atoms with Crippen LogP contribution in [0.4, 0.5) is 0 Å². The number of aromatic nitrogens is 1. The summed E-state index contributed by atoms with van der Waals surface area (Å²) in [4.78, 5) is 24.4. The number of likely N-dealkylation sites (tertiary alicyclic amines) is 1. The van der Waals surface area contributed by atoms with Crippen LogP contribution < -0.4 is 0 Å². The average molecular weight is 385 g/mol. The monoisotopic (exact) mass is 384 g/mol. The summed E-state index contributed by atoms with van der Waals surface area (Å²) in [6, 6.07) is 6.88. The molecule has 1 aliphatic carbocycles. The number of amides is 1. The summed E-state index contributed by atoms with van der Waals surface area (Å²) < 4.78 is 0. The molecule has 3 heterocycles. The first kappa shape index (κ1) is 19.8. The molecule has 2 aliphatic heterocycles. The van der Waals surface area contributed by atoms with E-state index in [0.717, 1.165) is 31.8 Å². The van der Waals surface area contributed by atoms with Gasteiger partial charge < -0.3 is 4.90 Å². The van der Waals surface area contributed by atoms with Crippen LogP contribution in [0.3, 0.4) is 0 Å². The van der Waals surface area contributed by atoms with Gasteiger partial charge in [-0.25, -0.2) is 0 Å². The highest BCUT2D eigenvalue weighted by Gasteiger charge is 2.35. The van der Waals surface area contributed by atoms with Crippen molar-refractivity contribution in [1.29, 1.82) is 0 Å². The highest BCUT2D eigenvalue weighted by molar-refractivity contribution is 5.92. The van der Waals surface area contributed by atoms with Crippen molar-refractivity contribution in [2.24, 2.45) is 11.8 Å². The predicted octanol–water partition coefficient (Wildman–Crippen LogP) is 3.13. The molecule has 1 aromatic heterocycles. The second-order valence-corrected chi connectivity index (χ2v) is 9.34. The first-order chi connectivity index (χ1) is 13.6. The predicted molar refractivity (Wildman–Crippen MR) is 112 cm³/mol. The number of carbonyl (C=O) groups excluding carboxylic acids is 1. The van der Waals surface area contributed by atoms with Gasteiger partial charge in [0.25, 0.3) is 5.91 Å². The fourth-order valence-electron chi connectivity index (χ4n) is 5.00. The smallest absolute Gasteiger partial charge is 0.272 e. The summed E-state index contributed by atoms with van der Waals surface area (Å²) >= 11 is 0. The maximum absolute atomic E-state index is 12.7. The Morgan fingerprint density at radius 2 is 1.89 bits per heavy atom.